The zero-order valence-electron chi connectivity index (χ0n) is 16.0. The summed E-state index contributed by atoms with van der Waals surface area (Å²) in [5.41, 5.74) is 1.52. The van der Waals surface area contributed by atoms with Crippen molar-refractivity contribution in [2.24, 2.45) is 0 Å². The van der Waals surface area contributed by atoms with Crippen LogP contribution in [-0.4, -0.2) is 16.0 Å². The first-order chi connectivity index (χ1) is 13.0. The van der Waals surface area contributed by atoms with Gasteiger partial charge in [-0.1, -0.05) is 38.0 Å². The smallest absolute Gasteiger partial charge is 0.214 e. The molecule has 2 N–H and O–H groups in total. The highest BCUT2D eigenvalue weighted by Crippen LogP contribution is 2.06. The van der Waals surface area contributed by atoms with Gasteiger partial charge in [0.25, 0.3) is 0 Å². The molecule has 0 bridgehead atoms. The number of hydrogen-bond acceptors (Lipinski definition) is 6. The molecule has 0 unspecified atom stereocenters. The Kier molecular flexibility index (Phi) is 7.27. The molecule has 0 saturated heterocycles. The Hall–Kier alpha value is -2.05. The van der Waals surface area contributed by atoms with Crippen molar-refractivity contribution in [3.63, 3.8) is 0 Å². The van der Waals surface area contributed by atoms with Crippen LogP contribution in [0.2, 0.25) is 0 Å². The lowest BCUT2D eigenvalue weighted by Gasteiger charge is -2.14. The van der Waals surface area contributed by atoms with E-state index < -0.39 is 0 Å². The second-order valence-corrected chi connectivity index (χ2v) is 6.39. The van der Waals surface area contributed by atoms with Crippen LogP contribution < -0.4 is 41.8 Å². The lowest BCUT2D eigenvalue weighted by molar-refractivity contribution is 0.536. The molecule has 0 amide bonds. The Balaban J connectivity index is 3.40. The maximum Gasteiger partial charge on any atom is 0.214 e. The Morgan fingerprint density at radius 1 is 1.00 bits per heavy atom. The maximum absolute atomic E-state index is 5.12. The molecule has 0 atom stereocenters. The van der Waals surface area contributed by atoms with Crippen molar-refractivity contribution >= 4 is 78.0 Å². The molecule has 140 valence electrons. The van der Waals surface area contributed by atoms with Crippen LogP contribution in [0, 0.1) is 0 Å². The molecule has 0 aromatic heterocycles. The van der Waals surface area contributed by atoms with E-state index in [0.29, 0.717) is 11.5 Å². The standard InChI is InChI=1S/C19H24B2N2O2S2/c1-5-13-10(2)16(18(22-20)11(3)24-26)14-8-6-7-9-15(14)17(13)19(23-21)12(4)25-27/h5,8-9,22-23,26-27H,2-4,6-7,20-21H2,1H3/b13-5-,18-16-,19-17-. The molecule has 0 heterocycles. The summed E-state index contributed by atoms with van der Waals surface area (Å²) in [4.78, 5) is 0. The Morgan fingerprint density at radius 2 is 1.44 bits per heavy atom. The van der Waals surface area contributed by atoms with Crippen LogP contribution in [0.25, 0.3) is 36.2 Å². The van der Waals surface area contributed by atoms with Crippen LogP contribution in [0.5, 0.6) is 0 Å². The molecule has 0 fully saturated rings. The van der Waals surface area contributed by atoms with E-state index >= 15 is 0 Å². The highest BCUT2D eigenvalue weighted by molar-refractivity contribution is 7.75. The normalized spacial score (nSPS) is 15.4. The van der Waals surface area contributed by atoms with Crippen LogP contribution in [0.15, 0.2) is 24.7 Å². The number of thiol groups is 2. The van der Waals surface area contributed by atoms with Crippen molar-refractivity contribution in [1.82, 2.24) is 10.5 Å². The summed E-state index contributed by atoms with van der Waals surface area (Å²) in [6.07, 6.45) is 8.36. The highest BCUT2D eigenvalue weighted by atomic mass is 32.1. The first-order valence-corrected chi connectivity index (χ1v) is 9.32. The van der Waals surface area contributed by atoms with Crippen molar-refractivity contribution in [1.29, 1.82) is 0 Å². The molecule has 1 aromatic carbocycles. The molecule has 1 aliphatic rings. The molecule has 8 heteroatoms. The van der Waals surface area contributed by atoms with Crippen LogP contribution in [0.3, 0.4) is 0 Å². The number of nitrogens with one attached hydrogen (secondary N) is 2. The fourth-order valence-electron chi connectivity index (χ4n) is 3.51. The van der Waals surface area contributed by atoms with Gasteiger partial charge in [-0.05, 0) is 40.6 Å². The number of hydrogen-bond donors (Lipinski definition) is 4. The van der Waals surface area contributed by atoms with Crippen molar-refractivity contribution < 1.29 is 8.37 Å². The van der Waals surface area contributed by atoms with Crippen LogP contribution >= 0.6 is 25.8 Å². The fraction of sp³-hybridized carbons (Fsp3) is 0.158. The van der Waals surface area contributed by atoms with Crippen molar-refractivity contribution in [2.75, 3.05) is 0 Å². The minimum atomic E-state index is 0.433. The van der Waals surface area contributed by atoms with Gasteiger partial charge in [-0.25, -0.2) is 0 Å². The van der Waals surface area contributed by atoms with Crippen molar-refractivity contribution in [3.05, 3.63) is 56.0 Å². The summed E-state index contributed by atoms with van der Waals surface area (Å²) in [5, 5.41) is 12.3. The summed E-state index contributed by atoms with van der Waals surface area (Å²) in [7, 11) is 3.67. The second-order valence-electron chi connectivity index (χ2n) is 6.02. The third-order valence-electron chi connectivity index (χ3n) is 4.66. The fourth-order valence-corrected chi connectivity index (χ4v) is 3.70. The van der Waals surface area contributed by atoms with Gasteiger partial charge in [-0.15, -0.1) is 0 Å². The summed E-state index contributed by atoms with van der Waals surface area (Å²) >= 11 is 7.85. The van der Waals surface area contributed by atoms with Crippen LogP contribution in [0.1, 0.15) is 19.8 Å². The van der Waals surface area contributed by atoms with Crippen molar-refractivity contribution in [3.8, 4) is 0 Å². The average molecular weight is 398 g/mol. The number of rotatable bonds is 6. The van der Waals surface area contributed by atoms with E-state index in [2.05, 4.69) is 68.2 Å². The molecular formula is C19H24B2N2O2S2. The molecule has 2 rings (SSSR count). The van der Waals surface area contributed by atoms with Gasteiger partial charge >= 0.3 is 0 Å². The third kappa shape index (κ3) is 3.82. The Labute approximate surface area is 172 Å². The SMILES string of the molecule is BN/C(C(=C)OS)=c1\c2c(c(=C(\NB)C(=C)OS)/c(=C\C)c1=C)=CCCC=2. The van der Waals surface area contributed by atoms with Crippen LogP contribution in [-0.2, 0) is 8.37 Å². The second kappa shape index (κ2) is 9.24. The third-order valence-corrected chi connectivity index (χ3v) is 5.10. The lowest BCUT2D eigenvalue weighted by atomic mass is 9.97. The predicted octanol–water partition coefficient (Wildman–Crippen LogP) is -2.51. The van der Waals surface area contributed by atoms with E-state index in [9.17, 15) is 0 Å². The molecule has 1 aliphatic carbocycles. The maximum atomic E-state index is 5.12. The largest absolute Gasteiger partial charge is 0.431 e. The van der Waals surface area contributed by atoms with Gasteiger partial charge in [0.2, 0.25) is 16.0 Å². The van der Waals surface area contributed by atoms with Gasteiger partial charge in [0.15, 0.2) is 11.5 Å². The Bertz CT molecular complexity index is 1140. The average Bonchev–Trinajstić information content (AvgIpc) is 2.70. The van der Waals surface area contributed by atoms with E-state index in [-0.39, 0.29) is 0 Å². The monoisotopic (exact) mass is 398 g/mol. The van der Waals surface area contributed by atoms with E-state index in [1.807, 2.05) is 29.0 Å². The molecule has 4 nitrogen and oxygen atoms in total. The predicted molar refractivity (Wildman–Crippen MR) is 127 cm³/mol. The van der Waals surface area contributed by atoms with Gasteiger partial charge in [0.05, 0.1) is 11.4 Å². The summed E-state index contributed by atoms with van der Waals surface area (Å²) in [6.45, 7) is 14.3. The quantitative estimate of drug-likeness (QED) is 0.185. The lowest BCUT2D eigenvalue weighted by Crippen LogP contribution is -2.67. The first-order valence-electron chi connectivity index (χ1n) is 8.59. The van der Waals surface area contributed by atoms with Gasteiger partial charge < -0.3 is 18.8 Å². The molecule has 0 radical (unpaired) electrons. The minimum absolute atomic E-state index is 0.433. The molecule has 27 heavy (non-hydrogen) atoms. The van der Waals surface area contributed by atoms with Gasteiger partial charge in [-0.2, -0.15) is 0 Å². The zero-order chi connectivity index (χ0) is 20.1. The zero-order valence-corrected chi connectivity index (χ0v) is 17.8. The molecule has 0 saturated carbocycles. The molecular weight excluding hydrogens is 374 g/mol. The first kappa shape index (κ1) is 21.3. The van der Waals surface area contributed by atoms with E-state index in [0.717, 1.165) is 55.5 Å². The highest BCUT2D eigenvalue weighted by Gasteiger charge is 2.12. The van der Waals surface area contributed by atoms with E-state index in [1.54, 1.807) is 0 Å². The Morgan fingerprint density at radius 3 is 1.85 bits per heavy atom. The molecule has 0 aliphatic heterocycles. The molecule has 1 aromatic rings. The van der Waals surface area contributed by atoms with Gasteiger partial charge in [-0.3, -0.25) is 0 Å². The number of fused-ring (bicyclic) bond motifs is 1. The minimum Gasteiger partial charge on any atom is -0.431 e. The number of benzene rings is 1. The van der Waals surface area contributed by atoms with Gasteiger partial charge in [0.1, 0.15) is 0 Å². The van der Waals surface area contributed by atoms with Gasteiger partial charge in [0, 0.05) is 36.3 Å². The summed E-state index contributed by atoms with van der Waals surface area (Å²) < 4.78 is 10.2. The summed E-state index contributed by atoms with van der Waals surface area (Å²) in [6, 6.07) is 0. The van der Waals surface area contributed by atoms with Crippen molar-refractivity contribution in [2.45, 2.75) is 19.8 Å². The van der Waals surface area contributed by atoms with Crippen LogP contribution in [0.4, 0.5) is 0 Å². The van der Waals surface area contributed by atoms with E-state index in [1.165, 1.54) is 0 Å². The topological polar surface area (TPSA) is 42.5 Å². The summed E-state index contributed by atoms with van der Waals surface area (Å²) in [5.74, 6) is 0.876. The van der Waals surface area contributed by atoms with E-state index in [4.69, 9.17) is 8.37 Å². The molecule has 0 spiro atoms.